The molecule has 19 heavy (non-hydrogen) atoms. The molecule has 0 spiro atoms. The van der Waals surface area contributed by atoms with Crippen molar-refractivity contribution < 1.29 is 9.90 Å². The number of rotatable bonds is 3. The van der Waals surface area contributed by atoms with Crippen LogP contribution in [0.3, 0.4) is 0 Å². The van der Waals surface area contributed by atoms with E-state index < -0.39 is 0 Å². The summed E-state index contributed by atoms with van der Waals surface area (Å²) in [7, 11) is 0. The normalized spacial score (nSPS) is 19.5. The van der Waals surface area contributed by atoms with Crippen LogP contribution < -0.4 is 5.43 Å². The summed E-state index contributed by atoms with van der Waals surface area (Å²) in [4.78, 5) is 29.0. The molecule has 1 aliphatic rings. The number of aromatic amines is 1. The minimum atomic E-state index is -0.241. The van der Waals surface area contributed by atoms with E-state index in [-0.39, 0.29) is 29.5 Å². The zero-order chi connectivity index (χ0) is 13.8. The number of aryl methyl sites for hydroxylation is 1. The minimum Gasteiger partial charge on any atom is -0.396 e. The monoisotopic (exact) mass is 264 g/mol. The van der Waals surface area contributed by atoms with Gasteiger partial charge in [-0.1, -0.05) is 0 Å². The Morgan fingerprint density at radius 3 is 3.00 bits per heavy atom. The number of aliphatic hydroxyl groups excluding tert-OH is 1. The second-order valence-electron chi connectivity index (χ2n) is 5.05. The Balaban J connectivity index is 2.23. The second kappa shape index (κ2) is 6.02. The maximum absolute atomic E-state index is 12.4. The number of aliphatic hydroxyl groups is 1. The van der Waals surface area contributed by atoms with E-state index in [1.54, 1.807) is 11.8 Å². The standard InChI is InChI=1S/C14H20N2O3/c1-10-8-13(18)12(9-15-10)14(19)16-6-3-2-4-11(16)5-7-17/h8-9,11,17H,2-7H2,1H3,(H,15,18). The predicted molar refractivity (Wildman–Crippen MR) is 72.2 cm³/mol. The molecule has 5 heteroatoms. The molecule has 5 nitrogen and oxygen atoms in total. The Morgan fingerprint density at radius 1 is 1.53 bits per heavy atom. The van der Waals surface area contributed by atoms with Crippen molar-refractivity contribution in [2.45, 2.75) is 38.6 Å². The topological polar surface area (TPSA) is 73.4 Å². The van der Waals surface area contributed by atoms with Crippen molar-refractivity contribution in [1.82, 2.24) is 9.88 Å². The first-order chi connectivity index (χ1) is 9.13. The highest BCUT2D eigenvalue weighted by Crippen LogP contribution is 2.20. The number of nitrogens with zero attached hydrogens (tertiary/aromatic N) is 1. The number of amides is 1. The summed E-state index contributed by atoms with van der Waals surface area (Å²) in [5.41, 5.74) is 0.692. The molecular weight excluding hydrogens is 244 g/mol. The molecule has 0 aromatic carbocycles. The van der Waals surface area contributed by atoms with Crippen LogP contribution in [0.15, 0.2) is 17.1 Å². The number of nitrogens with one attached hydrogen (secondary N) is 1. The van der Waals surface area contributed by atoms with Crippen LogP contribution in [0.4, 0.5) is 0 Å². The van der Waals surface area contributed by atoms with Gasteiger partial charge in [0, 0.05) is 37.2 Å². The third-order valence-corrected chi connectivity index (χ3v) is 3.64. The zero-order valence-electron chi connectivity index (χ0n) is 11.2. The fourth-order valence-electron chi connectivity index (χ4n) is 2.61. The minimum absolute atomic E-state index is 0.0481. The first kappa shape index (κ1) is 13.8. The highest BCUT2D eigenvalue weighted by Gasteiger charge is 2.28. The largest absolute Gasteiger partial charge is 0.396 e. The fraction of sp³-hybridized carbons (Fsp3) is 0.571. The van der Waals surface area contributed by atoms with E-state index >= 15 is 0 Å². The van der Waals surface area contributed by atoms with E-state index in [1.807, 2.05) is 0 Å². The van der Waals surface area contributed by atoms with Gasteiger partial charge in [-0.2, -0.15) is 0 Å². The van der Waals surface area contributed by atoms with Crippen molar-refractivity contribution >= 4 is 5.91 Å². The Kier molecular flexibility index (Phi) is 4.37. The number of H-pyrrole nitrogens is 1. The Bertz CT molecular complexity index is 508. The van der Waals surface area contributed by atoms with E-state index in [0.717, 1.165) is 25.0 Å². The van der Waals surface area contributed by atoms with Crippen LogP contribution in [0.2, 0.25) is 0 Å². The van der Waals surface area contributed by atoms with Gasteiger partial charge in [0.25, 0.3) is 5.91 Å². The van der Waals surface area contributed by atoms with Gasteiger partial charge in [0.05, 0.1) is 0 Å². The summed E-state index contributed by atoms with van der Waals surface area (Å²) in [5.74, 6) is -0.223. The lowest BCUT2D eigenvalue weighted by molar-refractivity contribution is 0.0573. The average molecular weight is 264 g/mol. The van der Waals surface area contributed by atoms with Gasteiger partial charge in [-0.3, -0.25) is 9.59 Å². The smallest absolute Gasteiger partial charge is 0.259 e. The van der Waals surface area contributed by atoms with E-state index in [4.69, 9.17) is 5.11 Å². The van der Waals surface area contributed by atoms with Crippen LogP contribution >= 0.6 is 0 Å². The molecule has 1 atom stereocenters. The van der Waals surface area contributed by atoms with Crippen LogP contribution in [0.1, 0.15) is 41.7 Å². The summed E-state index contributed by atoms with van der Waals surface area (Å²) in [6, 6.07) is 1.49. The molecule has 0 radical (unpaired) electrons. The molecule has 1 fully saturated rings. The van der Waals surface area contributed by atoms with Crippen molar-refractivity contribution in [3.05, 3.63) is 33.7 Å². The predicted octanol–water partition coefficient (Wildman–Crippen LogP) is 1.06. The molecule has 1 unspecified atom stereocenters. The van der Waals surface area contributed by atoms with Crippen LogP contribution in [-0.2, 0) is 0 Å². The van der Waals surface area contributed by atoms with Crippen LogP contribution in [0.25, 0.3) is 0 Å². The second-order valence-corrected chi connectivity index (χ2v) is 5.05. The van der Waals surface area contributed by atoms with Crippen molar-refractivity contribution in [3.63, 3.8) is 0 Å². The summed E-state index contributed by atoms with van der Waals surface area (Å²) in [5, 5.41) is 9.07. The van der Waals surface area contributed by atoms with E-state index in [9.17, 15) is 9.59 Å². The maximum Gasteiger partial charge on any atom is 0.259 e. The van der Waals surface area contributed by atoms with E-state index in [0.29, 0.717) is 13.0 Å². The highest BCUT2D eigenvalue weighted by atomic mass is 16.3. The van der Waals surface area contributed by atoms with E-state index in [2.05, 4.69) is 4.98 Å². The van der Waals surface area contributed by atoms with Crippen molar-refractivity contribution in [2.75, 3.05) is 13.2 Å². The number of piperidine rings is 1. The van der Waals surface area contributed by atoms with Crippen molar-refractivity contribution in [1.29, 1.82) is 0 Å². The van der Waals surface area contributed by atoms with Crippen LogP contribution in [0, 0.1) is 6.92 Å². The molecule has 1 aromatic heterocycles. The third kappa shape index (κ3) is 3.04. The number of hydrogen-bond donors (Lipinski definition) is 2. The lowest BCUT2D eigenvalue weighted by atomic mass is 9.98. The quantitative estimate of drug-likeness (QED) is 0.857. The molecule has 1 amide bonds. The summed E-state index contributed by atoms with van der Waals surface area (Å²) in [6.45, 7) is 2.51. The van der Waals surface area contributed by atoms with Crippen LogP contribution in [-0.4, -0.2) is 40.1 Å². The van der Waals surface area contributed by atoms with Gasteiger partial charge < -0.3 is 15.0 Å². The molecule has 2 rings (SSSR count). The summed E-state index contributed by atoms with van der Waals surface area (Å²) < 4.78 is 0. The number of hydrogen-bond acceptors (Lipinski definition) is 3. The Labute approximate surface area is 112 Å². The fourth-order valence-corrected chi connectivity index (χ4v) is 2.61. The van der Waals surface area contributed by atoms with Gasteiger partial charge >= 0.3 is 0 Å². The molecule has 0 aliphatic carbocycles. The lowest BCUT2D eigenvalue weighted by Gasteiger charge is -2.35. The number of carbonyl (C=O) groups is 1. The summed E-state index contributed by atoms with van der Waals surface area (Å²) in [6.07, 6.45) is 4.99. The number of pyridine rings is 1. The first-order valence-electron chi connectivity index (χ1n) is 6.74. The van der Waals surface area contributed by atoms with Gasteiger partial charge in [0.1, 0.15) is 5.56 Å². The third-order valence-electron chi connectivity index (χ3n) is 3.64. The number of likely N-dealkylation sites (tertiary alicyclic amines) is 1. The van der Waals surface area contributed by atoms with Crippen LogP contribution in [0.5, 0.6) is 0 Å². The molecule has 1 aliphatic heterocycles. The SMILES string of the molecule is Cc1cc(=O)c(C(=O)N2CCCCC2CCO)c[nH]1. The molecule has 2 N–H and O–H groups in total. The maximum atomic E-state index is 12.4. The number of aromatic nitrogens is 1. The number of carbonyl (C=O) groups excluding carboxylic acids is 1. The van der Waals surface area contributed by atoms with Gasteiger partial charge in [0.2, 0.25) is 0 Å². The van der Waals surface area contributed by atoms with Gasteiger partial charge in [-0.05, 0) is 32.6 Å². The van der Waals surface area contributed by atoms with Gasteiger partial charge in [0.15, 0.2) is 5.43 Å². The molecule has 2 heterocycles. The lowest BCUT2D eigenvalue weighted by Crippen LogP contribution is -2.45. The molecule has 1 saturated heterocycles. The van der Waals surface area contributed by atoms with E-state index in [1.165, 1.54) is 12.3 Å². The van der Waals surface area contributed by atoms with Crippen molar-refractivity contribution in [2.24, 2.45) is 0 Å². The Hall–Kier alpha value is -1.62. The Morgan fingerprint density at radius 2 is 2.32 bits per heavy atom. The van der Waals surface area contributed by atoms with Gasteiger partial charge in [-0.15, -0.1) is 0 Å². The highest BCUT2D eigenvalue weighted by molar-refractivity contribution is 5.94. The average Bonchev–Trinajstić information content (AvgIpc) is 2.39. The van der Waals surface area contributed by atoms with Crippen molar-refractivity contribution in [3.8, 4) is 0 Å². The molecule has 104 valence electrons. The molecular formula is C14H20N2O3. The summed E-state index contributed by atoms with van der Waals surface area (Å²) >= 11 is 0. The van der Waals surface area contributed by atoms with Gasteiger partial charge in [-0.25, -0.2) is 0 Å². The molecule has 1 aromatic rings. The first-order valence-corrected chi connectivity index (χ1v) is 6.74. The molecule has 0 bridgehead atoms. The zero-order valence-corrected chi connectivity index (χ0v) is 11.2. The molecule has 0 saturated carbocycles.